The van der Waals surface area contributed by atoms with Gasteiger partial charge in [-0.1, -0.05) is 54.1 Å². The maximum absolute atomic E-state index is 13.3. The highest BCUT2D eigenvalue weighted by Crippen LogP contribution is 2.18. The van der Waals surface area contributed by atoms with Crippen LogP contribution in [0.25, 0.3) is 28.7 Å². The maximum atomic E-state index is 13.3. The van der Waals surface area contributed by atoms with Crippen LogP contribution in [0.4, 0.5) is 0 Å². The molecule has 0 radical (unpaired) electrons. The van der Waals surface area contributed by atoms with E-state index in [1.807, 2.05) is 91.9 Å². The molecule has 4 heteroatoms. The van der Waals surface area contributed by atoms with Gasteiger partial charge in [-0.2, -0.15) is 0 Å². The molecule has 0 fully saturated rings. The van der Waals surface area contributed by atoms with E-state index in [0.29, 0.717) is 16.7 Å². The lowest BCUT2D eigenvalue weighted by Gasteiger charge is -2.12. The zero-order valence-corrected chi connectivity index (χ0v) is 16.9. The van der Waals surface area contributed by atoms with E-state index >= 15 is 0 Å². The Bertz CT molecular complexity index is 1190. The van der Waals surface area contributed by atoms with Crippen LogP contribution < -0.4 is 5.56 Å². The zero-order valence-electron chi connectivity index (χ0n) is 14.8. The highest BCUT2D eigenvalue weighted by molar-refractivity contribution is 14.1. The van der Waals surface area contributed by atoms with Crippen molar-refractivity contribution in [2.45, 2.75) is 6.92 Å². The van der Waals surface area contributed by atoms with Gasteiger partial charge in [0.25, 0.3) is 5.56 Å². The van der Waals surface area contributed by atoms with Crippen LogP contribution in [0.1, 0.15) is 17.0 Å². The summed E-state index contributed by atoms with van der Waals surface area (Å²) in [6.07, 6.45) is 3.87. The Morgan fingerprint density at radius 2 is 1.67 bits per heavy atom. The molecule has 27 heavy (non-hydrogen) atoms. The third-order valence-electron chi connectivity index (χ3n) is 4.37. The zero-order chi connectivity index (χ0) is 18.8. The number of aryl methyl sites for hydroxylation is 1. The quantitative estimate of drug-likeness (QED) is 0.377. The van der Waals surface area contributed by atoms with Crippen molar-refractivity contribution in [2.24, 2.45) is 0 Å². The van der Waals surface area contributed by atoms with Gasteiger partial charge in [0.1, 0.15) is 5.82 Å². The van der Waals surface area contributed by atoms with Crippen LogP contribution >= 0.6 is 22.6 Å². The van der Waals surface area contributed by atoms with E-state index in [2.05, 4.69) is 22.6 Å². The van der Waals surface area contributed by atoms with Crippen LogP contribution in [0.15, 0.2) is 77.6 Å². The number of aromatic nitrogens is 2. The smallest absolute Gasteiger partial charge is 0.266 e. The largest absolute Gasteiger partial charge is 0.268 e. The first-order valence-electron chi connectivity index (χ1n) is 8.64. The predicted octanol–water partition coefficient (Wildman–Crippen LogP) is 5.47. The predicted molar refractivity (Wildman–Crippen MR) is 120 cm³/mol. The average molecular weight is 464 g/mol. The lowest BCUT2D eigenvalue weighted by molar-refractivity contribution is 0.943. The number of rotatable bonds is 3. The van der Waals surface area contributed by atoms with Crippen molar-refractivity contribution in [3.63, 3.8) is 0 Å². The second-order valence-corrected chi connectivity index (χ2v) is 7.60. The number of nitrogens with zero attached hydrogens (tertiary/aromatic N) is 2. The molecule has 0 spiro atoms. The Morgan fingerprint density at radius 1 is 0.926 bits per heavy atom. The Morgan fingerprint density at radius 3 is 2.41 bits per heavy atom. The molecule has 4 aromatic rings. The summed E-state index contributed by atoms with van der Waals surface area (Å²) in [5, 5.41) is 0.624. The molecule has 3 aromatic carbocycles. The summed E-state index contributed by atoms with van der Waals surface area (Å²) in [5.74, 6) is 0.612. The highest BCUT2D eigenvalue weighted by Gasteiger charge is 2.11. The van der Waals surface area contributed by atoms with Crippen LogP contribution in [0.3, 0.4) is 0 Å². The molecule has 1 aromatic heterocycles. The summed E-state index contributed by atoms with van der Waals surface area (Å²) < 4.78 is 2.69. The van der Waals surface area contributed by atoms with Gasteiger partial charge in [-0.25, -0.2) is 4.98 Å². The fourth-order valence-electron chi connectivity index (χ4n) is 2.97. The van der Waals surface area contributed by atoms with E-state index < -0.39 is 0 Å². The summed E-state index contributed by atoms with van der Waals surface area (Å²) in [6, 6.07) is 23.7. The van der Waals surface area contributed by atoms with Gasteiger partial charge in [0.15, 0.2) is 0 Å². The monoisotopic (exact) mass is 464 g/mol. The van der Waals surface area contributed by atoms with Gasteiger partial charge >= 0.3 is 0 Å². The first-order valence-corrected chi connectivity index (χ1v) is 9.72. The SMILES string of the molecule is Cc1ccc(-n2c(C=Cc3ccccc3)nc3ccc(I)cc3c2=O)cc1. The van der Waals surface area contributed by atoms with E-state index in [1.54, 1.807) is 4.57 Å². The van der Waals surface area contributed by atoms with Gasteiger partial charge in [0.2, 0.25) is 0 Å². The fourth-order valence-corrected chi connectivity index (χ4v) is 3.46. The lowest BCUT2D eigenvalue weighted by atomic mass is 10.2. The van der Waals surface area contributed by atoms with Crippen molar-refractivity contribution in [3.05, 3.63) is 104 Å². The van der Waals surface area contributed by atoms with Crippen molar-refractivity contribution in [1.82, 2.24) is 9.55 Å². The van der Waals surface area contributed by atoms with Gasteiger partial charge in [-0.05, 0) is 71.5 Å². The van der Waals surface area contributed by atoms with Crippen molar-refractivity contribution >= 4 is 45.6 Å². The van der Waals surface area contributed by atoms with Crippen molar-refractivity contribution in [1.29, 1.82) is 0 Å². The van der Waals surface area contributed by atoms with E-state index in [4.69, 9.17) is 4.98 Å². The maximum Gasteiger partial charge on any atom is 0.266 e. The first-order chi connectivity index (χ1) is 13.1. The van der Waals surface area contributed by atoms with Crippen LogP contribution in [0.5, 0.6) is 0 Å². The lowest BCUT2D eigenvalue weighted by Crippen LogP contribution is -2.22. The van der Waals surface area contributed by atoms with Crippen LogP contribution in [-0.2, 0) is 0 Å². The van der Waals surface area contributed by atoms with E-state index in [0.717, 1.165) is 20.4 Å². The van der Waals surface area contributed by atoms with Crippen molar-refractivity contribution in [2.75, 3.05) is 0 Å². The number of benzene rings is 3. The number of hydrogen-bond donors (Lipinski definition) is 0. The molecule has 3 nitrogen and oxygen atoms in total. The van der Waals surface area contributed by atoms with Gasteiger partial charge < -0.3 is 0 Å². The van der Waals surface area contributed by atoms with Gasteiger partial charge in [-0.3, -0.25) is 9.36 Å². The number of fused-ring (bicyclic) bond motifs is 1. The molecule has 0 atom stereocenters. The van der Waals surface area contributed by atoms with E-state index in [-0.39, 0.29) is 5.56 Å². The molecule has 0 bridgehead atoms. The Balaban J connectivity index is 1.96. The van der Waals surface area contributed by atoms with Crippen molar-refractivity contribution < 1.29 is 0 Å². The summed E-state index contributed by atoms with van der Waals surface area (Å²) in [4.78, 5) is 18.0. The third-order valence-corrected chi connectivity index (χ3v) is 5.04. The summed E-state index contributed by atoms with van der Waals surface area (Å²) in [5.41, 5.74) is 3.67. The highest BCUT2D eigenvalue weighted by atomic mass is 127. The van der Waals surface area contributed by atoms with Crippen LogP contribution in [0.2, 0.25) is 0 Å². The molecule has 132 valence electrons. The second kappa shape index (κ2) is 7.48. The molecule has 0 saturated heterocycles. The van der Waals surface area contributed by atoms with E-state index in [1.165, 1.54) is 0 Å². The third kappa shape index (κ3) is 3.71. The second-order valence-electron chi connectivity index (χ2n) is 6.35. The topological polar surface area (TPSA) is 34.9 Å². The molecule has 0 aliphatic heterocycles. The van der Waals surface area contributed by atoms with Crippen LogP contribution in [0, 0.1) is 10.5 Å². The Labute approximate surface area is 171 Å². The fraction of sp³-hybridized carbons (Fsp3) is 0.0435. The molecule has 0 unspecified atom stereocenters. The van der Waals surface area contributed by atoms with Gasteiger partial charge in [0.05, 0.1) is 16.6 Å². The average Bonchev–Trinajstić information content (AvgIpc) is 2.69. The Hall–Kier alpha value is -2.73. The molecule has 0 saturated carbocycles. The Kier molecular flexibility index (Phi) is 4.90. The molecular formula is C23H17IN2O. The summed E-state index contributed by atoms with van der Waals surface area (Å²) in [7, 11) is 0. The molecule has 0 aliphatic carbocycles. The van der Waals surface area contributed by atoms with Gasteiger partial charge in [-0.15, -0.1) is 0 Å². The summed E-state index contributed by atoms with van der Waals surface area (Å²) in [6.45, 7) is 2.03. The normalized spacial score (nSPS) is 11.3. The summed E-state index contributed by atoms with van der Waals surface area (Å²) >= 11 is 2.22. The van der Waals surface area contributed by atoms with E-state index in [9.17, 15) is 4.79 Å². The molecule has 0 N–H and O–H groups in total. The van der Waals surface area contributed by atoms with Crippen molar-refractivity contribution in [3.8, 4) is 5.69 Å². The molecular weight excluding hydrogens is 447 g/mol. The molecule has 0 aliphatic rings. The molecule has 4 rings (SSSR count). The molecule has 0 amide bonds. The first kappa shape index (κ1) is 17.7. The minimum atomic E-state index is -0.0601. The standard InChI is InChI=1S/C23H17IN2O/c1-16-7-11-19(12-8-16)26-22(14-9-17-5-3-2-4-6-17)25-21-13-10-18(24)15-20(21)23(26)27/h2-15H,1H3. The minimum absolute atomic E-state index is 0.0601. The molecule has 1 heterocycles. The van der Waals surface area contributed by atoms with Gasteiger partial charge in [0, 0.05) is 3.57 Å². The number of halogens is 1. The van der Waals surface area contributed by atoms with Crippen LogP contribution in [-0.4, -0.2) is 9.55 Å². The minimum Gasteiger partial charge on any atom is -0.268 e. The number of hydrogen-bond acceptors (Lipinski definition) is 2.